The minimum Gasteiger partial charge on any atom is -0.388 e. The van der Waals surface area contributed by atoms with Crippen molar-refractivity contribution in [2.24, 2.45) is 5.73 Å². The smallest absolute Gasteiger partial charge is 0.187 e. The molecule has 0 spiro atoms. The van der Waals surface area contributed by atoms with Gasteiger partial charge in [0.05, 0.1) is 5.84 Å². The van der Waals surface area contributed by atoms with Crippen molar-refractivity contribution in [2.75, 3.05) is 0 Å². The van der Waals surface area contributed by atoms with Crippen molar-refractivity contribution in [2.45, 2.75) is 30.7 Å². The predicted octanol–water partition coefficient (Wildman–Crippen LogP) is 1.59. The molecule has 0 aliphatic carbocycles. The zero-order valence-corrected chi connectivity index (χ0v) is 9.14. The van der Waals surface area contributed by atoms with Crippen molar-refractivity contribution in [3.05, 3.63) is 18.0 Å². The molecule has 4 nitrogen and oxygen atoms in total. The second-order valence-corrected chi connectivity index (χ2v) is 4.61. The number of amidine groups is 1. The third kappa shape index (κ3) is 3.74. The normalized spacial score (nSPS) is 12.4. The Kier molecular flexibility index (Phi) is 3.88. The first-order chi connectivity index (χ1) is 6.58. The van der Waals surface area contributed by atoms with E-state index in [9.17, 15) is 0 Å². The van der Waals surface area contributed by atoms with Crippen molar-refractivity contribution in [3.8, 4) is 0 Å². The zero-order valence-electron chi connectivity index (χ0n) is 8.32. The standard InChI is InChI=1S/C9H14N4S/c1-6-4-12-9(13-5-6)14-7(2)3-8(10)11/h4-5,7H,3H2,1-2H3,(H3,10,11). The number of aromatic nitrogens is 2. The summed E-state index contributed by atoms with van der Waals surface area (Å²) in [7, 11) is 0. The maximum Gasteiger partial charge on any atom is 0.187 e. The Labute approximate surface area is 87.8 Å². The molecular formula is C9H14N4S. The molecule has 0 aliphatic heterocycles. The van der Waals surface area contributed by atoms with Gasteiger partial charge in [0.15, 0.2) is 5.16 Å². The molecule has 1 rings (SSSR count). The average Bonchev–Trinajstić information content (AvgIpc) is 2.07. The number of nitrogens with two attached hydrogens (primary N) is 1. The van der Waals surface area contributed by atoms with Crippen molar-refractivity contribution < 1.29 is 0 Å². The minimum absolute atomic E-state index is 0.206. The molecule has 0 aliphatic rings. The van der Waals surface area contributed by atoms with Gasteiger partial charge in [-0.3, -0.25) is 5.41 Å². The Balaban J connectivity index is 2.51. The fourth-order valence-corrected chi connectivity index (χ4v) is 1.82. The molecule has 0 bridgehead atoms. The van der Waals surface area contributed by atoms with Gasteiger partial charge in [-0.05, 0) is 12.5 Å². The second-order valence-electron chi connectivity index (χ2n) is 3.20. The van der Waals surface area contributed by atoms with Crippen LogP contribution in [-0.2, 0) is 0 Å². The molecule has 1 heterocycles. The Morgan fingerprint density at radius 2 is 2.14 bits per heavy atom. The van der Waals surface area contributed by atoms with E-state index < -0.39 is 0 Å². The summed E-state index contributed by atoms with van der Waals surface area (Å²) in [5, 5.41) is 8.13. The molecule has 1 unspecified atom stereocenters. The van der Waals surface area contributed by atoms with Gasteiger partial charge in [-0.15, -0.1) is 0 Å². The fraction of sp³-hybridized carbons (Fsp3) is 0.444. The van der Waals surface area contributed by atoms with E-state index in [1.165, 1.54) is 11.8 Å². The lowest BCUT2D eigenvalue weighted by atomic mass is 10.3. The van der Waals surface area contributed by atoms with Gasteiger partial charge in [0.1, 0.15) is 0 Å². The highest BCUT2D eigenvalue weighted by molar-refractivity contribution is 7.99. The highest BCUT2D eigenvalue weighted by Gasteiger charge is 2.07. The number of nitrogens with one attached hydrogen (secondary N) is 1. The van der Waals surface area contributed by atoms with Crippen molar-refractivity contribution in [1.82, 2.24) is 9.97 Å². The molecule has 3 N–H and O–H groups in total. The number of nitrogens with zero attached hydrogens (tertiary/aromatic N) is 2. The topological polar surface area (TPSA) is 75.7 Å². The fourth-order valence-electron chi connectivity index (χ4n) is 0.973. The highest BCUT2D eigenvalue weighted by Crippen LogP contribution is 2.20. The largest absolute Gasteiger partial charge is 0.388 e. The second kappa shape index (κ2) is 4.95. The van der Waals surface area contributed by atoms with Crippen LogP contribution in [0.4, 0.5) is 0 Å². The van der Waals surface area contributed by atoms with Crippen LogP contribution >= 0.6 is 11.8 Å². The van der Waals surface area contributed by atoms with Gasteiger partial charge in [-0.1, -0.05) is 18.7 Å². The Morgan fingerprint density at radius 1 is 1.57 bits per heavy atom. The molecule has 5 heteroatoms. The van der Waals surface area contributed by atoms with E-state index in [1.54, 1.807) is 12.4 Å². The van der Waals surface area contributed by atoms with E-state index in [0.29, 0.717) is 6.42 Å². The Morgan fingerprint density at radius 3 is 2.64 bits per heavy atom. The molecule has 1 atom stereocenters. The summed E-state index contributed by atoms with van der Waals surface area (Å²) in [4.78, 5) is 8.33. The number of hydrogen-bond acceptors (Lipinski definition) is 4. The summed E-state index contributed by atoms with van der Waals surface area (Å²) in [6.07, 6.45) is 4.15. The first kappa shape index (κ1) is 11.0. The van der Waals surface area contributed by atoms with Gasteiger partial charge < -0.3 is 5.73 Å². The Bertz CT molecular complexity index is 309. The minimum atomic E-state index is 0.206. The van der Waals surface area contributed by atoms with Crippen LogP contribution in [0.2, 0.25) is 0 Å². The van der Waals surface area contributed by atoms with E-state index in [0.717, 1.165) is 10.7 Å². The molecular weight excluding hydrogens is 196 g/mol. The number of hydrogen-bond donors (Lipinski definition) is 2. The van der Waals surface area contributed by atoms with E-state index in [4.69, 9.17) is 11.1 Å². The lowest BCUT2D eigenvalue weighted by Gasteiger charge is -2.07. The summed E-state index contributed by atoms with van der Waals surface area (Å²) in [5.74, 6) is 0.206. The average molecular weight is 210 g/mol. The number of aryl methyl sites for hydroxylation is 1. The molecule has 76 valence electrons. The van der Waals surface area contributed by atoms with Gasteiger partial charge in [-0.25, -0.2) is 9.97 Å². The van der Waals surface area contributed by atoms with E-state index >= 15 is 0 Å². The van der Waals surface area contributed by atoms with Gasteiger partial charge >= 0.3 is 0 Å². The molecule has 0 saturated carbocycles. The Hall–Kier alpha value is -1.10. The molecule has 0 amide bonds. The van der Waals surface area contributed by atoms with E-state index in [2.05, 4.69) is 9.97 Å². The lowest BCUT2D eigenvalue weighted by Crippen LogP contribution is -2.15. The van der Waals surface area contributed by atoms with E-state index in [-0.39, 0.29) is 11.1 Å². The van der Waals surface area contributed by atoms with Gasteiger partial charge in [0.25, 0.3) is 0 Å². The lowest BCUT2D eigenvalue weighted by molar-refractivity contribution is 0.924. The number of rotatable bonds is 4. The third-order valence-corrected chi connectivity index (χ3v) is 2.56. The summed E-state index contributed by atoms with van der Waals surface area (Å²) < 4.78 is 0. The predicted molar refractivity (Wildman–Crippen MR) is 58.6 cm³/mol. The quantitative estimate of drug-likeness (QED) is 0.342. The molecule has 0 radical (unpaired) electrons. The van der Waals surface area contributed by atoms with Gasteiger partial charge in [0.2, 0.25) is 0 Å². The van der Waals surface area contributed by atoms with Crippen LogP contribution < -0.4 is 5.73 Å². The van der Waals surface area contributed by atoms with Crippen LogP contribution in [0.15, 0.2) is 17.6 Å². The molecule has 1 aromatic heterocycles. The molecule has 0 aromatic carbocycles. The van der Waals surface area contributed by atoms with Crippen molar-refractivity contribution in [3.63, 3.8) is 0 Å². The van der Waals surface area contributed by atoms with Crippen LogP contribution in [0.1, 0.15) is 18.9 Å². The summed E-state index contributed by atoms with van der Waals surface area (Å²) in [6.45, 7) is 3.96. The molecule has 1 aromatic rings. The SMILES string of the molecule is Cc1cnc(SC(C)CC(=N)N)nc1. The zero-order chi connectivity index (χ0) is 10.6. The summed E-state index contributed by atoms with van der Waals surface area (Å²) >= 11 is 1.54. The van der Waals surface area contributed by atoms with Crippen molar-refractivity contribution in [1.29, 1.82) is 5.41 Å². The number of thioether (sulfide) groups is 1. The molecule has 0 fully saturated rings. The first-order valence-electron chi connectivity index (χ1n) is 4.36. The summed E-state index contributed by atoms with van der Waals surface area (Å²) in [6, 6.07) is 0. The first-order valence-corrected chi connectivity index (χ1v) is 5.24. The molecule has 0 saturated heterocycles. The maximum atomic E-state index is 7.15. The van der Waals surface area contributed by atoms with Gasteiger partial charge in [0, 0.05) is 24.1 Å². The van der Waals surface area contributed by atoms with Crippen LogP contribution in [-0.4, -0.2) is 21.1 Å². The van der Waals surface area contributed by atoms with Crippen molar-refractivity contribution >= 4 is 17.6 Å². The summed E-state index contributed by atoms with van der Waals surface area (Å²) in [5.41, 5.74) is 6.35. The van der Waals surface area contributed by atoms with E-state index in [1.807, 2.05) is 13.8 Å². The van der Waals surface area contributed by atoms with Crippen LogP contribution in [0.5, 0.6) is 0 Å². The third-order valence-electron chi connectivity index (χ3n) is 1.57. The van der Waals surface area contributed by atoms with Crippen LogP contribution in [0.25, 0.3) is 0 Å². The van der Waals surface area contributed by atoms with Crippen LogP contribution in [0.3, 0.4) is 0 Å². The maximum absolute atomic E-state index is 7.15. The molecule has 14 heavy (non-hydrogen) atoms. The van der Waals surface area contributed by atoms with Gasteiger partial charge in [-0.2, -0.15) is 0 Å². The highest BCUT2D eigenvalue weighted by atomic mass is 32.2. The monoisotopic (exact) mass is 210 g/mol. The van der Waals surface area contributed by atoms with Crippen LogP contribution in [0, 0.1) is 12.3 Å².